The molecule has 2 unspecified atom stereocenters. The molecule has 3 amide bonds. The van der Waals surface area contributed by atoms with Gasteiger partial charge in [-0.3, -0.25) is 9.69 Å². The van der Waals surface area contributed by atoms with Crippen LogP contribution in [0.3, 0.4) is 0 Å². The Labute approximate surface area is 203 Å². The highest BCUT2D eigenvalue weighted by Crippen LogP contribution is 2.27. The Morgan fingerprint density at radius 2 is 1.79 bits per heavy atom. The summed E-state index contributed by atoms with van der Waals surface area (Å²) in [6.07, 6.45) is 3.22. The lowest BCUT2D eigenvalue weighted by atomic mass is 9.99. The van der Waals surface area contributed by atoms with Crippen LogP contribution in [-0.4, -0.2) is 71.9 Å². The summed E-state index contributed by atoms with van der Waals surface area (Å²) < 4.78 is 13.3. The van der Waals surface area contributed by atoms with E-state index in [1.807, 2.05) is 30.0 Å². The molecule has 2 saturated heterocycles. The maximum absolute atomic E-state index is 13.3. The highest BCUT2D eigenvalue weighted by atomic mass is 35.5. The van der Waals surface area contributed by atoms with Crippen LogP contribution in [0, 0.1) is 12.7 Å². The third-order valence-electron chi connectivity index (χ3n) is 6.43. The molecule has 2 aromatic rings. The number of rotatable bonds is 5. The lowest BCUT2D eigenvalue weighted by Crippen LogP contribution is -2.68. The summed E-state index contributed by atoms with van der Waals surface area (Å²) in [6.45, 7) is 5.51. The van der Waals surface area contributed by atoms with E-state index in [0.29, 0.717) is 29.4 Å². The van der Waals surface area contributed by atoms with Gasteiger partial charge in [-0.05, 0) is 61.0 Å². The van der Waals surface area contributed by atoms with Crippen molar-refractivity contribution in [3.63, 3.8) is 0 Å². The van der Waals surface area contributed by atoms with Crippen LogP contribution in [0.2, 0.25) is 5.02 Å². The predicted octanol–water partition coefficient (Wildman–Crippen LogP) is 3.32. The van der Waals surface area contributed by atoms with E-state index >= 15 is 0 Å². The van der Waals surface area contributed by atoms with Crippen molar-refractivity contribution in [1.29, 1.82) is 0 Å². The van der Waals surface area contributed by atoms with Crippen molar-refractivity contribution in [1.82, 2.24) is 14.7 Å². The first-order chi connectivity index (χ1) is 16.2. The molecule has 0 aliphatic carbocycles. The number of hydrogen-bond donors (Lipinski definition) is 2. The molecule has 0 saturated carbocycles. The first kappa shape index (κ1) is 24.2. The Bertz CT molecular complexity index is 1090. The second-order valence-electron chi connectivity index (χ2n) is 9.08. The van der Waals surface area contributed by atoms with Gasteiger partial charge in [-0.2, -0.15) is 0 Å². The Kier molecular flexibility index (Phi) is 7.21. The van der Waals surface area contributed by atoms with Gasteiger partial charge in [0.1, 0.15) is 5.82 Å². The van der Waals surface area contributed by atoms with Crippen LogP contribution in [-0.2, 0) is 11.3 Å². The standard InChI is InChI=1S/C25H29ClFN5O2/c1-16-9-18(23(10-22(16)26)29-25(28)34)5-8-24(33)31-14-20-12-30(2)13-21(15-31)32(20)11-17-3-6-19(27)7-4-17/h3-10,20-21H,11-15H2,1-2H3,(H3,28,29,34). The lowest BCUT2D eigenvalue weighted by Gasteiger charge is -2.52. The zero-order chi connectivity index (χ0) is 24.4. The van der Waals surface area contributed by atoms with Crippen LogP contribution in [0.25, 0.3) is 6.08 Å². The number of hydrogen-bond acceptors (Lipinski definition) is 4. The number of piperazine rings is 2. The number of primary amides is 1. The van der Waals surface area contributed by atoms with Gasteiger partial charge in [0.25, 0.3) is 0 Å². The fourth-order valence-corrected chi connectivity index (χ4v) is 4.96. The maximum Gasteiger partial charge on any atom is 0.316 e. The molecule has 3 N–H and O–H groups in total. The van der Waals surface area contributed by atoms with E-state index in [0.717, 1.165) is 30.8 Å². The molecule has 180 valence electrons. The summed E-state index contributed by atoms with van der Waals surface area (Å²) in [5.41, 5.74) is 8.28. The summed E-state index contributed by atoms with van der Waals surface area (Å²) in [5.74, 6) is -0.324. The number of carbonyl (C=O) groups excluding carboxylic acids is 2. The number of nitrogens with two attached hydrogens (primary N) is 1. The fraction of sp³-hybridized carbons (Fsp3) is 0.360. The molecular formula is C25H29ClFN5O2. The molecule has 9 heteroatoms. The Morgan fingerprint density at radius 3 is 2.41 bits per heavy atom. The molecule has 2 aliphatic heterocycles. The minimum absolute atomic E-state index is 0.0846. The van der Waals surface area contributed by atoms with Gasteiger partial charge in [-0.15, -0.1) is 0 Å². The molecule has 2 atom stereocenters. The first-order valence-electron chi connectivity index (χ1n) is 11.2. The van der Waals surface area contributed by atoms with Crippen LogP contribution in [0.5, 0.6) is 0 Å². The van der Waals surface area contributed by atoms with Crippen molar-refractivity contribution in [3.8, 4) is 0 Å². The van der Waals surface area contributed by atoms with Crippen LogP contribution >= 0.6 is 11.6 Å². The van der Waals surface area contributed by atoms with Gasteiger partial charge in [0.15, 0.2) is 0 Å². The van der Waals surface area contributed by atoms with Gasteiger partial charge in [0, 0.05) is 55.9 Å². The highest BCUT2D eigenvalue weighted by Gasteiger charge is 2.40. The van der Waals surface area contributed by atoms with Crippen LogP contribution in [0.4, 0.5) is 14.9 Å². The number of aryl methyl sites for hydroxylation is 1. The van der Waals surface area contributed by atoms with Crippen LogP contribution < -0.4 is 11.1 Å². The SMILES string of the molecule is Cc1cc(C=CC(=O)N2CC3CN(C)CC(C2)N3Cc2ccc(F)cc2)c(NC(N)=O)cc1Cl. The number of nitrogens with one attached hydrogen (secondary N) is 1. The molecule has 2 heterocycles. The number of anilines is 1. The summed E-state index contributed by atoms with van der Waals surface area (Å²) in [7, 11) is 2.10. The average Bonchev–Trinajstić information content (AvgIpc) is 2.76. The number of carbonyl (C=O) groups is 2. The lowest BCUT2D eigenvalue weighted by molar-refractivity contribution is -0.134. The number of nitrogens with zero attached hydrogens (tertiary/aromatic N) is 3. The van der Waals surface area contributed by atoms with Crippen molar-refractivity contribution in [2.24, 2.45) is 5.73 Å². The second kappa shape index (κ2) is 10.1. The molecule has 4 rings (SSSR count). The molecule has 2 aromatic carbocycles. The molecular weight excluding hydrogens is 457 g/mol. The van der Waals surface area contributed by atoms with Gasteiger partial charge >= 0.3 is 6.03 Å². The Morgan fingerprint density at radius 1 is 1.15 bits per heavy atom. The van der Waals surface area contributed by atoms with Crippen LogP contribution in [0.15, 0.2) is 42.5 Å². The highest BCUT2D eigenvalue weighted by molar-refractivity contribution is 6.31. The van der Waals surface area contributed by atoms with E-state index in [-0.39, 0.29) is 23.8 Å². The molecule has 34 heavy (non-hydrogen) atoms. The van der Waals surface area contributed by atoms with Gasteiger partial charge in [0.2, 0.25) is 5.91 Å². The normalized spacial score (nSPS) is 21.1. The topological polar surface area (TPSA) is 81.9 Å². The molecule has 7 nitrogen and oxygen atoms in total. The van der Waals surface area contributed by atoms with E-state index in [1.165, 1.54) is 18.2 Å². The summed E-state index contributed by atoms with van der Waals surface area (Å²) in [4.78, 5) is 31.1. The van der Waals surface area contributed by atoms with Gasteiger partial charge < -0.3 is 20.9 Å². The minimum Gasteiger partial charge on any atom is -0.351 e. The van der Waals surface area contributed by atoms with Crippen molar-refractivity contribution in [2.75, 3.05) is 38.5 Å². The fourth-order valence-electron chi connectivity index (χ4n) is 4.80. The van der Waals surface area contributed by atoms with Crippen molar-refractivity contribution in [2.45, 2.75) is 25.6 Å². The Balaban J connectivity index is 1.48. The molecule has 0 spiro atoms. The Hall–Kier alpha value is -2.94. The van der Waals surface area contributed by atoms with E-state index in [1.54, 1.807) is 12.1 Å². The second-order valence-corrected chi connectivity index (χ2v) is 9.49. The molecule has 2 bridgehead atoms. The zero-order valence-corrected chi connectivity index (χ0v) is 20.1. The first-order valence-corrected chi connectivity index (χ1v) is 11.6. The van der Waals surface area contributed by atoms with Crippen LogP contribution in [0.1, 0.15) is 16.7 Å². The monoisotopic (exact) mass is 485 g/mol. The number of fused-ring (bicyclic) bond motifs is 2. The van der Waals surface area contributed by atoms with Crippen molar-refractivity contribution >= 4 is 35.3 Å². The van der Waals surface area contributed by atoms with Crippen molar-refractivity contribution in [3.05, 3.63) is 70.0 Å². The van der Waals surface area contributed by atoms with Crippen molar-refractivity contribution < 1.29 is 14.0 Å². The number of amides is 3. The smallest absolute Gasteiger partial charge is 0.316 e. The quantitative estimate of drug-likeness (QED) is 0.636. The third-order valence-corrected chi connectivity index (χ3v) is 6.84. The number of likely N-dealkylation sites (N-methyl/N-ethyl adjacent to an activating group) is 1. The van der Waals surface area contributed by atoms with Gasteiger partial charge in [-0.25, -0.2) is 9.18 Å². The third kappa shape index (κ3) is 5.58. The molecule has 0 radical (unpaired) electrons. The number of benzene rings is 2. The van der Waals surface area contributed by atoms with E-state index < -0.39 is 6.03 Å². The zero-order valence-electron chi connectivity index (χ0n) is 19.3. The maximum atomic E-state index is 13.3. The summed E-state index contributed by atoms with van der Waals surface area (Å²) >= 11 is 6.18. The average molecular weight is 486 g/mol. The predicted molar refractivity (Wildman–Crippen MR) is 132 cm³/mol. The molecule has 0 aromatic heterocycles. The minimum atomic E-state index is -0.699. The number of halogens is 2. The van der Waals surface area contributed by atoms with E-state index in [4.69, 9.17) is 17.3 Å². The van der Waals surface area contributed by atoms with E-state index in [9.17, 15) is 14.0 Å². The summed E-state index contributed by atoms with van der Waals surface area (Å²) in [6, 6.07) is 9.72. The molecule has 2 aliphatic rings. The summed E-state index contributed by atoms with van der Waals surface area (Å²) in [5, 5.41) is 3.06. The van der Waals surface area contributed by atoms with E-state index in [2.05, 4.69) is 22.2 Å². The van der Waals surface area contributed by atoms with Gasteiger partial charge in [0.05, 0.1) is 5.69 Å². The number of urea groups is 1. The largest absolute Gasteiger partial charge is 0.351 e. The van der Waals surface area contributed by atoms with Gasteiger partial charge in [-0.1, -0.05) is 23.7 Å². The molecule has 2 fully saturated rings.